The van der Waals surface area contributed by atoms with E-state index in [0.29, 0.717) is 11.1 Å². The first-order chi connectivity index (χ1) is 10.6. The molecule has 110 valence electrons. The predicted molar refractivity (Wildman–Crippen MR) is 86.1 cm³/mol. The first-order valence-corrected chi connectivity index (χ1v) is 6.71. The number of carbonyl (C=O) groups excluding carboxylic acids is 2. The van der Waals surface area contributed by atoms with Crippen LogP contribution in [0.15, 0.2) is 84.2 Å². The van der Waals surface area contributed by atoms with E-state index in [4.69, 9.17) is 11.5 Å². The lowest BCUT2D eigenvalue weighted by Gasteiger charge is -2.02. The molecule has 0 aliphatic carbocycles. The number of ketones is 2. The van der Waals surface area contributed by atoms with E-state index in [9.17, 15) is 9.59 Å². The fraction of sp³-hybridized carbons (Fsp3) is 0. The van der Waals surface area contributed by atoms with Crippen molar-refractivity contribution in [3.8, 4) is 0 Å². The summed E-state index contributed by atoms with van der Waals surface area (Å²) in [4.78, 5) is 24.0. The van der Waals surface area contributed by atoms with E-state index in [-0.39, 0.29) is 23.0 Å². The molecule has 0 spiro atoms. The van der Waals surface area contributed by atoms with E-state index >= 15 is 0 Å². The summed E-state index contributed by atoms with van der Waals surface area (Å²) in [5.41, 5.74) is 12.7. The number of rotatable bonds is 5. The number of carbonyl (C=O) groups is 2. The lowest BCUT2D eigenvalue weighted by Crippen LogP contribution is -2.13. The minimum atomic E-state index is -0.262. The van der Waals surface area contributed by atoms with Crippen molar-refractivity contribution in [2.24, 2.45) is 11.5 Å². The van der Waals surface area contributed by atoms with E-state index in [1.54, 1.807) is 48.5 Å². The Morgan fingerprint density at radius 1 is 0.636 bits per heavy atom. The van der Waals surface area contributed by atoms with Gasteiger partial charge in [0.05, 0.1) is 11.4 Å². The summed E-state index contributed by atoms with van der Waals surface area (Å²) >= 11 is 0. The number of benzene rings is 2. The maximum absolute atomic E-state index is 12.0. The van der Waals surface area contributed by atoms with Gasteiger partial charge in [-0.25, -0.2) is 0 Å². The summed E-state index contributed by atoms with van der Waals surface area (Å²) in [6, 6.07) is 17.4. The summed E-state index contributed by atoms with van der Waals surface area (Å²) in [5, 5.41) is 0. The number of hydrogen-bond donors (Lipinski definition) is 2. The van der Waals surface area contributed by atoms with Crippen molar-refractivity contribution in [2.75, 3.05) is 0 Å². The summed E-state index contributed by atoms with van der Waals surface area (Å²) < 4.78 is 0. The second kappa shape index (κ2) is 7.04. The standard InChI is InChI=1S/C18H16N2O2/c19-15(11-17(21)13-7-3-1-4-8-13)16(20)12-18(22)14-9-5-2-6-10-14/h1-12H,19-20H2. The van der Waals surface area contributed by atoms with E-state index < -0.39 is 0 Å². The first-order valence-electron chi connectivity index (χ1n) is 6.71. The fourth-order valence-corrected chi connectivity index (χ4v) is 1.82. The minimum Gasteiger partial charge on any atom is -0.397 e. The highest BCUT2D eigenvalue weighted by Crippen LogP contribution is 2.07. The van der Waals surface area contributed by atoms with Gasteiger partial charge < -0.3 is 11.5 Å². The molecule has 0 aromatic heterocycles. The van der Waals surface area contributed by atoms with Crippen LogP contribution in [-0.2, 0) is 0 Å². The average Bonchev–Trinajstić information content (AvgIpc) is 2.56. The van der Waals surface area contributed by atoms with Crippen LogP contribution in [0, 0.1) is 0 Å². The van der Waals surface area contributed by atoms with Crippen LogP contribution in [0.2, 0.25) is 0 Å². The molecule has 0 saturated carbocycles. The molecule has 2 rings (SSSR count). The molecule has 0 bridgehead atoms. The Labute approximate surface area is 128 Å². The Kier molecular flexibility index (Phi) is 4.88. The van der Waals surface area contributed by atoms with Crippen molar-refractivity contribution in [3.05, 3.63) is 95.3 Å². The summed E-state index contributed by atoms with van der Waals surface area (Å²) in [6.07, 6.45) is 2.44. The van der Waals surface area contributed by atoms with Gasteiger partial charge in [0, 0.05) is 23.3 Å². The topological polar surface area (TPSA) is 86.2 Å². The van der Waals surface area contributed by atoms with Gasteiger partial charge in [0.15, 0.2) is 11.6 Å². The van der Waals surface area contributed by atoms with Crippen molar-refractivity contribution in [3.63, 3.8) is 0 Å². The summed E-state index contributed by atoms with van der Waals surface area (Å²) in [6.45, 7) is 0. The molecule has 0 aliphatic rings. The van der Waals surface area contributed by atoms with Crippen LogP contribution < -0.4 is 11.5 Å². The van der Waals surface area contributed by atoms with Gasteiger partial charge >= 0.3 is 0 Å². The lowest BCUT2D eigenvalue weighted by molar-refractivity contribution is 0.103. The monoisotopic (exact) mass is 292 g/mol. The van der Waals surface area contributed by atoms with Gasteiger partial charge in [0.1, 0.15) is 0 Å². The van der Waals surface area contributed by atoms with Crippen molar-refractivity contribution >= 4 is 11.6 Å². The molecule has 2 aromatic rings. The molecule has 2 aromatic carbocycles. The smallest absolute Gasteiger partial charge is 0.187 e. The number of nitrogens with two attached hydrogens (primary N) is 2. The third kappa shape index (κ3) is 3.93. The van der Waals surface area contributed by atoms with Crippen LogP contribution in [-0.4, -0.2) is 11.6 Å². The van der Waals surface area contributed by atoms with Crippen LogP contribution in [0.1, 0.15) is 20.7 Å². The highest BCUT2D eigenvalue weighted by Gasteiger charge is 2.07. The third-order valence-corrected chi connectivity index (χ3v) is 3.02. The maximum atomic E-state index is 12.0. The van der Waals surface area contributed by atoms with Gasteiger partial charge in [0.2, 0.25) is 0 Å². The Morgan fingerprint density at radius 2 is 0.955 bits per heavy atom. The van der Waals surface area contributed by atoms with Crippen LogP contribution in [0.5, 0.6) is 0 Å². The van der Waals surface area contributed by atoms with Crippen molar-refractivity contribution in [1.29, 1.82) is 0 Å². The Balaban J connectivity index is 2.16. The molecule has 0 heterocycles. The van der Waals surface area contributed by atoms with Crippen LogP contribution in [0.3, 0.4) is 0 Å². The van der Waals surface area contributed by atoms with Crippen LogP contribution >= 0.6 is 0 Å². The highest BCUT2D eigenvalue weighted by molar-refractivity contribution is 6.07. The molecule has 4 N–H and O–H groups in total. The molecule has 0 aliphatic heterocycles. The summed E-state index contributed by atoms with van der Waals surface area (Å²) in [7, 11) is 0. The molecule has 0 fully saturated rings. The van der Waals surface area contributed by atoms with E-state index in [1.165, 1.54) is 12.2 Å². The number of allylic oxidation sites excluding steroid dienone is 2. The van der Waals surface area contributed by atoms with Gasteiger partial charge in [-0.15, -0.1) is 0 Å². The van der Waals surface area contributed by atoms with Gasteiger partial charge in [-0.2, -0.15) is 0 Å². The maximum Gasteiger partial charge on any atom is 0.187 e. The zero-order valence-corrected chi connectivity index (χ0v) is 11.9. The van der Waals surface area contributed by atoms with Crippen LogP contribution in [0.25, 0.3) is 0 Å². The minimum absolute atomic E-state index is 0.0677. The zero-order chi connectivity index (χ0) is 15.9. The Morgan fingerprint density at radius 3 is 1.27 bits per heavy atom. The molecule has 22 heavy (non-hydrogen) atoms. The molecule has 0 atom stereocenters. The van der Waals surface area contributed by atoms with Crippen molar-refractivity contribution in [1.82, 2.24) is 0 Å². The average molecular weight is 292 g/mol. The second-order valence-electron chi connectivity index (χ2n) is 4.66. The molecule has 0 saturated heterocycles. The predicted octanol–water partition coefficient (Wildman–Crippen LogP) is 2.44. The van der Waals surface area contributed by atoms with Gasteiger partial charge in [-0.3, -0.25) is 9.59 Å². The number of hydrogen-bond acceptors (Lipinski definition) is 4. The second-order valence-corrected chi connectivity index (χ2v) is 4.66. The Hall–Kier alpha value is -3.14. The van der Waals surface area contributed by atoms with Gasteiger partial charge in [-0.1, -0.05) is 60.7 Å². The van der Waals surface area contributed by atoms with Crippen molar-refractivity contribution < 1.29 is 9.59 Å². The first kappa shape index (κ1) is 15.3. The zero-order valence-electron chi connectivity index (χ0n) is 11.9. The van der Waals surface area contributed by atoms with E-state index in [0.717, 1.165) is 0 Å². The quantitative estimate of drug-likeness (QED) is 0.503. The lowest BCUT2D eigenvalue weighted by atomic mass is 10.1. The molecular formula is C18H16N2O2. The SMILES string of the molecule is NC(=CC(=O)c1ccccc1)C(N)=CC(=O)c1ccccc1. The van der Waals surface area contributed by atoms with E-state index in [1.807, 2.05) is 12.1 Å². The molecule has 0 amide bonds. The molecule has 4 heteroatoms. The fourth-order valence-electron chi connectivity index (χ4n) is 1.82. The molecular weight excluding hydrogens is 276 g/mol. The van der Waals surface area contributed by atoms with E-state index in [2.05, 4.69) is 0 Å². The van der Waals surface area contributed by atoms with Crippen molar-refractivity contribution in [2.45, 2.75) is 0 Å². The van der Waals surface area contributed by atoms with Gasteiger partial charge in [-0.05, 0) is 0 Å². The molecule has 0 unspecified atom stereocenters. The molecule has 4 nitrogen and oxygen atoms in total. The molecule has 0 radical (unpaired) electrons. The third-order valence-electron chi connectivity index (χ3n) is 3.02. The Bertz CT molecular complexity index is 667. The highest BCUT2D eigenvalue weighted by atomic mass is 16.1. The largest absolute Gasteiger partial charge is 0.397 e. The normalized spacial score (nSPS) is 12.0. The summed E-state index contributed by atoms with van der Waals surface area (Å²) in [5.74, 6) is -0.525. The van der Waals surface area contributed by atoms with Crippen LogP contribution in [0.4, 0.5) is 0 Å². The van der Waals surface area contributed by atoms with Gasteiger partial charge in [0.25, 0.3) is 0 Å².